The van der Waals surface area contributed by atoms with Gasteiger partial charge in [0.2, 0.25) is 0 Å². The Labute approximate surface area is 180 Å². The van der Waals surface area contributed by atoms with Gasteiger partial charge >= 0.3 is 6.09 Å². The minimum absolute atomic E-state index is 0.235. The summed E-state index contributed by atoms with van der Waals surface area (Å²) in [6.45, 7) is 1.76. The van der Waals surface area contributed by atoms with Crippen LogP contribution >= 0.6 is 11.3 Å². The summed E-state index contributed by atoms with van der Waals surface area (Å²) in [5.74, 6) is -0.375. The van der Waals surface area contributed by atoms with E-state index in [0.717, 1.165) is 6.42 Å². The van der Waals surface area contributed by atoms with E-state index in [1.807, 2.05) is 0 Å². The molecular formula is C20H20FN5O4S. The Hall–Kier alpha value is -3.47. The van der Waals surface area contributed by atoms with Crippen LogP contribution in [0.2, 0.25) is 0 Å². The molecule has 1 aromatic carbocycles. The van der Waals surface area contributed by atoms with Crippen molar-refractivity contribution in [3.63, 3.8) is 0 Å². The molecule has 2 amide bonds. The third kappa shape index (κ3) is 4.22. The summed E-state index contributed by atoms with van der Waals surface area (Å²) in [5, 5.41) is 15.3. The highest BCUT2D eigenvalue weighted by atomic mass is 32.1. The summed E-state index contributed by atoms with van der Waals surface area (Å²) >= 11 is 1.17. The van der Waals surface area contributed by atoms with Crippen molar-refractivity contribution < 1.29 is 23.8 Å². The first-order valence-electron chi connectivity index (χ1n) is 9.60. The fraction of sp³-hybridized carbons (Fsp3) is 0.300. The van der Waals surface area contributed by atoms with Crippen LogP contribution in [0.1, 0.15) is 34.5 Å². The van der Waals surface area contributed by atoms with Gasteiger partial charge in [0.15, 0.2) is 0 Å². The molecule has 11 heteroatoms. The summed E-state index contributed by atoms with van der Waals surface area (Å²) in [6.07, 6.45) is 1.90. The molecule has 2 heterocycles. The van der Waals surface area contributed by atoms with E-state index < -0.39 is 23.9 Å². The quantitative estimate of drug-likeness (QED) is 0.455. The first kappa shape index (κ1) is 20.8. The minimum atomic E-state index is -1.13. The van der Waals surface area contributed by atoms with Gasteiger partial charge in [-0.05, 0) is 43.9 Å². The number of nitrogens with two attached hydrogens (primary N) is 1. The molecule has 2 atom stereocenters. The van der Waals surface area contributed by atoms with E-state index in [4.69, 9.17) is 15.6 Å². The van der Waals surface area contributed by atoms with Crippen LogP contribution in [0.5, 0.6) is 5.75 Å². The number of rotatable bonds is 6. The summed E-state index contributed by atoms with van der Waals surface area (Å²) in [6, 6.07) is 3.66. The van der Waals surface area contributed by atoms with Gasteiger partial charge in [0, 0.05) is 6.07 Å². The van der Waals surface area contributed by atoms with E-state index in [0.29, 0.717) is 45.0 Å². The zero-order valence-corrected chi connectivity index (χ0v) is 17.3. The van der Waals surface area contributed by atoms with Gasteiger partial charge in [0.1, 0.15) is 34.6 Å². The SMILES string of the molecule is Cc1c(C(N)=O)sc2ncnc(Nc3ccc(F)cc3OC3CCCC3NC(=O)O)c12. The number of anilines is 2. The number of carbonyl (C=O) groups is 2. The zero-order valence-electron chi connectivity index (χ0n) is 16.5. The molecule has 1 saturated carbocycles. The van der Waals surface area contributed by atoms with Crippen molar-refractivity contribution in [2.75, 3.05) is 5.32 Å². The lowest BCUT2D eigenvalue weighted by Crippen LogP contribution is -2.41. The molecule has 1 fully saturated rings. The number of primary amides is 1. The number of fused-ring (bicyclic) bond motifs is 1. The zero-order chi connectivity index (χ0) is 22.1. The maximum Gasteiger partial charge on any atom is 0.405 e. The standard InChI is InChI=1S/C20H20FN5O4S/c1-9-15-18(23-8-24-19(15)31-16(9)17(22)27)25-12-6-5-10(21)7-14(12)30-13-4-2-3-11(13)26-20(28)29/h5-8,11,13,26H,2-4H2,1H3,(H2,22,27)(H,28,29)(H,23,24,25). The van der Waals surface area contributed by atoms with Crippen LogP contribution in [-0.4, -0.2) is 39.2 Å². The number of hydrogen-bond donors (Lipinski definition) is 4. The number of ether oxygens (including phenoxy) is 1. The molecule has 0 saturated heterocycles. The van der Waals surface area contributed by atoms with Gasteiger partial charge in [0.05, 0.1) is 22.0 Å². The van der Waals surface area contributed by atoms with E-state index in [2.05, 4.69) is 20.6 Å². The number of nitrogens with zero attached hydrogens (tertiary/aromatic N) is 2. The van der Waals surface area contributed by atoms with Gasteiger partial charge in [0.25, 0.3) is 5.91 Å². The highest BCUT2D eigenvalue weighted by Crippen LogP contribution is 2.37. The van der Waals surface area contributed by atoms with E-state index in [1.54, 1.807) is 6.92 Å². The van der Waals surface area contributed by atoms with E-state index in [9.17, 15) is 14.0 Å². The lowest BCUT2D eigenvalue weighted by atomic mass is 10.2. The number of aromatic nitrogens is 2. The number of aryl methyl sites for hydroxylation is 1. The number of halogens is 1. The number of benzene rings is 1. The molecule has 5 N–H and O–H groups in total. The number of carbonyl (C=O) groups excluding carboxylic acids is 1. The van der Waals surface area contributed by atoms with Crippen molar-refractivity contribution in [1.29, 1.82) is 0 Å². The maximum absolute atomic E-state index is 14.0. The maximum atomic E-state index is 14.0. The van der Waals surface area contributed by atoms with E-state index in [1.165, 1.54) is 35.9 Å². The molecule has 4 rings (SSSR count). The van der Waals surface area contributed by atoms with Crippen molar-refractivity contribution >= 4 is 45.1 Å². The molecule has 0 spiro atoms. The average Bonchev–Trinajstić information content (AvgIpc) is 3.28. The molecule has 9 nitrogen and oxygen atoms in total. The van der Waals surface area contributed by atoms with Crippen molar-refractivity contribution in [3.8, 4) is 5.75 Å². The molecule has 0 aliphatic heterocycles. The summed E-state index contributed by atoms with van der Waals surface area (Å²) in [7, 11) is 0. The van der Waals surface area contributed by atoms with Gasteiger partial charge in [-0.2, -0.15) is 0 Å². The molecule has 0 bridgehead atoms. The number of amides is 2. The normalized spacial score (nSPS) is 18.1. The van der Waals surface area contributed by atoms with Crippen LogP contribution in [0, 0.1) is 12.7 Å². The Morgan fingerprint density at radius 2 is 2.13 bits per heavy atom. The topological polar surface area (TPSA) is 139 Å². The predicted molar refractivity (Wildman–Crippen MR) is 114 cm³/mol. The number of nitrogens with one attached hydrogen (secondary N) is 2. The molecule has 2 aromatic heterocycles. The lowest BCUT2D eigenvalue weighted by molar-refractivity contribution is 0.100. The van der Waals surface area contributed by atoms with Gasteiger partial charge in [-0.1, -0.05) is 0 Å². The van der Waals surface area contributed by atoms with Crippen molar-refractivity contribution in [1.82, 2.24) is 15.3 Å². The molecular weight excluding hydrogens is 425 g/mol. The second-order valence-corrected chi connectivity index (χ2v) is 8.23. The average molecular weight is 445 g/mol. The highest BCUT2D eigenvalue weighted by Gasteiger charge is 2.31. The monoisotopic (exact) mass is 445 g/mol. The summed E-state index contributed by atoms with van der Waals surface area (Å²) in [5.41, 5.74) is 6.56. The largest absolute Gasteiger partial charge is 0.486 e. The van der Waals surface area contributed by atoms with Crippen LogP contribution in [-0.2, 0) is 0 Å². The number of carboxylic acid groups (broad SMARTS) is 1. The van der Waals surface area contributed by atoms with Crippen LogP contribution in [0.4, 0.5) is 20.7 Å². The van der Waals surface area contributed by atoms with Gasteiger partial charge < -0.3 is 26.2 Å². The lowest BCUT2D eigenvalue weighted by Gasteiger charge is -2.23. The smallest absolute Gasteiger partial charge is 0.405 e. The number of thiophene rings is 1. The van der Waals surface area contributed by atoms with Crippen molar-refractivity contribution in [2.24, 2.45) is 5.73 Å². The first-order chi connectivity index (χ1) is 14.8. The Morgan fingerprint density at radius 3 is 2.87 bits per heavy atom. The van der Waals surface area contributed by atoms with Gasteiger partial charge in [-0.25, -0.2) is 19.2 Å². The molecule has 0 radical (unpaired) electrons. The fourth-order valence-electron chi connectivity index (χ4n) is 3.78. The summed E-state index contributed by atoms with van der Waals surface area (Å²) < 4.78 is 20.0. The van der Waals surface area contributed by atoms with Gasteiger partial charge in [-0.15, -0.1) is 11.3 Å². The Balaban J connectivity index is 1.67. The first-order valence-corrected chi connectivity index (χ1v) is 10.4. The Kier molecular flexibility index (Phi) is 5.59. The number of hydrogen-bond acceptors (Lipinski definition) is 7. The Bertz CT molecular complexity index is 1170. The third-order valence-corrected chi connectivity index (χ3v) is 6.40. The van der Waals surface area contributed by atoms with Gasteiger partial charge in [-0.3, -0.25) is 4.79 Å². The second-order valence-electron chi connectivity index (χ2n) is 7.23. The van der Waals surface area contributed by atoms with E-state index >= 15 is 0 Å². The van der Waals surface area contributed by atoms with Crippen LogP contribution < -0.4 is 21.1 Å². The molecule has 1 aliphatic rings. The van der Waals surface area contributed by atoms with E-state index in [-0.39, 0.29) is 11.8 Å². The minimum Gasteiger partial charge on any atom is -0.486 e. The van der Waals surface area contributed by atoms with Crippen molar-refractivity contribution in [2.45, 2.75) is 38.3 Å². The van der Waals surface area contributed by atoms with Crippen molar-refractivity contribution in [3.05, 3.63) is 40.8 Å². The van der Waals surface area contributed by atoms with Crippen LogP contribution in [0.3, 0.4) is 0 Å². The Morgan fingerprint density at radius 1 is 1.32 bits per heavy atom. The highest BCUT2D eigenvalue weighted by molar-refractivity contribution is 7.20. The third-order valence-electron chi connectivity index (χ3n) is 5.19. The van der Waals surface area contributed by atoms with Crippen LogP contribution in [0.25, 0.3) is 10.2 Å². The predicted octanol–water partition coefficient (Wildman–Crippen LogP) is 3.55. The molecule has 2 unspecified atom stereocenters. The molecule has 31 heavy (non-hydrogen) atoms. The molecule has 162 valence electrons. The summed E-state index contributed by atoms with van der Waals surface area (Å²) in [4.78, 5) is 32.2. The molecule has 3 aromatic rings. The second kappa shape index (κ2) is 8.34. The fourth-order valence-corrected chi connectivity index (χ4v) is 4.78. The van der Waals surface area contributed by atoms with Crippen LogP contribution in [0.15, 0.2) is 24.5 Å². The molecule has 1 aliphatic carbocycles.